The molecule has 1 unspecified atom stereocenters. The molecule has 0 bridgehead atoms. The molecule has 0 fully saturated rings. The molecule has 29 heavy (non-hydrogen) atoms. The maximum Gasteiger partial charge on any atom is 0.246 e. The number of amides is 2. The Hall–Kier alpha value is -3.45. The highest BCUT2D eigenvalue weighted by atomic mass is 16.2. The summed E-state index contributed by atoms with van der Waals surface area (Å²) in [5.41, 5.74) is 9.71. The fourth-order valence-corrected chi connectivity index (χ4v) is 3.61. The molecule has 0 saturated heterocycles. The van der Waals surface area contributed by atoms with Crippen molar-refractivity contribution >= 4 is 34.6 Å². The Kier molecular flexibility index (Phi) is 4.90. The van der Waals surface area contributed by atoms with Crippen LogP contribution in [0.15, 0.2) is 48.8 Å². The van der Waals surface area contributed by atoms with Crippen LogP contribution in [0.5, 0.6) is 0 Å². The van der Waals surface area contributed by atoms with Crippen molar-refractivity contribution < 1.29 is 9.59 Å². The number of aryl methyl sites for hydroxylation is 1. The molecular formula is C22H23N5O2. The van der Waals surface area contributed by atoms with Crippen LogP contribution in [0.25, 0.3) is 17.0 Å². The van der Waals surface area contributed by atoms with Gasteiger partial charge in [-0.3, -0.25) is 9.59 Å². The average molecular weight is 389 g/mol. The van der Waals surface area contributed by atoms with Crippen LogP contribution in [-0.2, 0) is 29.6 Å². The number of carbonyl (C=O) groups excluding carboxylic acids is 2. The summed E-state index contributed by atoms with van der Waals surface area (Å²) in [6.45, 7) is 0.522. The van der Waals surface area contributed by atoms with E-state index in [1.807, 2.05) is 25.2 Å². The Balaban J connectivity index is 1.47. The smallest absolute Gasteiger partial charge is 0.246 e. The van der Waals surface area contributed by atoms with Gasteiger partial charge in [-0.1, -0.05) is 18.2 Å². The minimum Gasteiger partial charge on any atom is -0.350 e. The SMILES string of the molecule is CN(Cc1cn(C)c2ccccc12)C(=O)/C=C/c1cnc2c(c1)CC(N)C(=O)N2. The lowest BCUT2D eigenvalue weighted by molar-refractivity contribution is -0.125. The van der Waals surface area contributed by atoms with Crippen molar-refractivity contribution in [1.82, 2.24) is 14.5 Å². The van der Waals surface area contributed by atoms with E-state index in [0.717, 1.165) is 27.6 Å². The lowest BCUT2D eigenvalue weighted by atomic mass is 10.0. The van der Waals surface area contributed by atoms with E-state index in [-0.39, 0.29) is 11.8 Å². The number of fused-ring (bicyclic) bond motifs is 2. The molecule has 1 aliphatic rings. The van der Waals surface area contributed by atoms with Gasteiger partial charge in [-0.2, -0.15) is 0 Å². The van der Waals surface area contributed by atoms with Crippen molar-refractivity contribution in [2.75, 3.05) is 12.4 Å². The second-order valence-electron chi connectivity index (χ2n) is 7.39. The largest absolute Gasteiger partial charge is 0.350 e. The molecular weight excluding hydrogens is 366 g/mol. The number of rotatable bonds is 4. The molecule has 0 aliphatic carbocycles. The van der Waals surface area contributed by atoms with Gasteiger partial charge in [-0.25, -0.2) is 4.98 Å². The number of anilines is 1. The minimum absolute atomic E-state index is 0.0966. The third-order valence-corrected chi connectivity index (χ3v) is 5.19. The summed E-state index contributed by atoms with van der Waals surface area (Å²) >= 11 is 0. The van der Waals surface area contributed by atoms with E-state index in [1.165, 1.54) is 6.08 Å². The standard InChI is InChI=1S/C22H23N5O2/c1-26-12-16(17-5-3-4-6-19(17)26)13-27(2)20(28)8-7-14-9-15-10-18(23)22(29)25-21(15)24-11-14/h3-9,11-12,18H,10,13,23H2,1-2H3,(H,24,25,29)/b8-7+. The number of nitrogens with two attached hydrogens (primary N) is 1. The first-order valence-corrected chi connectivity index (χ1v) is 9.44. The number of likely N-dealkylation sites (N-methyl/N-ethyl adjacent to an activating group) is 1. The van der Waals surface area contributed by atoms with Crippen molar-refractivity contribution in [3.63, 3.8) is 0 Å². The molecule has 7 heteroatoms. The molecule has 0 saturated carbocycles. The summed E-state index contributed by atoms with van der Waals surface area (Å²) in [4.78, 5) is 30.2. The summed E-state index contributed by atoms with van der Waals surface area (Å²) in [5, 5.41) is 3.84. The summed E-state index contributed by atoms with van der Waals surface area (Å²) in [6, 6.07) is 9.48. The predicted molar refractivity (Wildman–Crippen MR) is 113 cm³/mol. The monoisotopic (exact) mass is 389 g/mol. The fourth-order valence-electron chi connectivity index (χ4n) is 3.61. The van der Waals surface area contributed by atoms with Crippen LogP contribution >= 0.6 is 0 Å². The molecule has 2 amide bonds. The zero-order valence-electron chi connectivity index (χ0n) is 16.4. The highest BCUT2D eigenvalue weighted by Gasteiger charge is 2.23. The molecule has 1 atom stereocenters. The average Bonchev–Trinajstić information content (AvgIpc) is 3.02. The summed E-state index contributed by atoms with van der Waals surface area (Å²) in [5.74, 6) is 0.215. The summed E-state index contributed by atoms with van der Waals surface area (Å²) in [7, 11) is 3.79. The van der Waals surface area contributed by atoms with Crippen LogP contribution in [-0.4, -0.2) is 39.4 Å². The van der Waals surface area contributed by atoms with Gasteiger partial charge in [0.2, 0.25) is 11.8 Å². The molecule has 1 aliphatic heterocycles. The molecule has 0 spiro atoms. The van der Waals surface area contributed by atoms with Gasteiger partial charge in [0, 0.05) is 56.4 Å². The summed E-state index contributed by atoms with van der Waals surface area (Å²) < 4.78 is 2.07. The molecule has 3 heterocycles. The van der Waals surface area contributed by atoms with Crippen LogP contribution in [0.1, 0.15) is 16.7 Å². The molecule has 3 N–H and O–H groups in total. The van der Waals surface area contributed by atoms with Crippen LogP contribution < -0.4 is 11.1 Å². The molecule has 1 aromatic carbocycles. The summed E-state index contributed by atoms with van der Waals surface area (Å²) in [6.07, 6.45) is 7.39. The highest BCUT2D eigenvalue weighted by molar-refractivity contribution is 5.97. The highest BCUT2D eigenvalue weighted by Crippen LogP contribution is 2.22. The Labute approximate surface area is 168 Å². The Morgan fingerprint density at radius 1 is 1.41 bits per heavy atom. The second-order valence-corrected chi connectivity index (χ2v) is 7.39. The van der Waals surface area contributed by atoms with E-state index in [2.05, 4.69) is 33.2 Å². The Morgan fingerprint density at radius 3 is 3.03 bits per heavy atom. The van der Waals surface area contributed by atoms with Gasteiger partial charge < -0.3 is 20.5 Å². The minimum atomic E-state index is -0.572. The van der Waals surface area contributed by atoms with Crippen LogP contribution in [0.4, 0.5) is 5.82 Å². The number of benzene rings is 1. The maximum atomic E-state index is 12.6. The van der Waals surface area contributed by atoms with Gasteiger partial charge in [0.1, 0.15) is 5.82 Å². The molecule has 3 aromatic rings. The van der Waals surface area contributed by atoms with Gasteiger partial charge in [0.15, 0.2) is 0 Å². The molecule has 7 nitrogen and oxygen atoms in total. The second kappa shape index (κ2) is 7.52. The van der Waals surface area contributed by atoms with Crippen molar-refractivity contribution in [1.29, 1.82) is 0 Å². The van der Waals surface area contributed by atoms with E-state index in [4.69, 9.17) is 5.73 Å². The number of nitrogens with zero attached hydrogens (tertiary/aromatic N) is 3. The normalized spacial score (nSPS) is 16.1. The lowest BCUT2D eigenvalue weighted by Gasteiger charge is -2.20. The van der Waals surface area contributed by atoms with Gasteiger partial charge in [0.05, 0.1) is 6.04 Å². The van der Waals surface area contributed by atoms with Crippen LogP contribution in [0.3, 0.4) is 0 Å². The van der Waals surface area contributed by atoms with Crippen LogP contribution in [0, 0.1) is 0 Å². The number of para-hydroxylation sites is 1. The predicted octanol–water partition coefficient (Wildman–Crippen LogP) is 2.07. The maximum absolute atomic E-state index is 12.6. The first-order valence-electron chi connectivity index (χ1n) is 9.44. The molecule has 2 aromatic heterocycles. The van der Waals surface area contributed by atoms with Gasteiger partial charge in [-0.15, -0.1) is 0 Å². The van der Waals surface area contributed by atoms with E-state index >= 15 is 0 Å². The van der Waals surface area contributed by atoms with Gasteiger partial charge >= 0.3 is 0 Å². The molecule has 148 valence electrons. The number of hydrogen-bond donors (Lipinski definition) is 2. The van der Waals surface area contributed by atoms with E-state index < -0.39 is 6.04 Å². The first kappa shape index (κ1) is 18.9. The zero-order chi connectivity index (χ0) is 20.5. The zero-order valence-corrected chi connectivity index (χ0v) is 16.4. The third-order valence-electron chi connectivity index (χ3n) is 5.19. The number of carbonyl (C=O) groups is 2. The lowest BCUT2D eigenvalue weighted by Crippen LogP contribution is -2.41. The Morgan fingerprint density at radius 2 is 2.21 bits per heavy atom. The number of pyridine rings is 1. The topological polar surface area (TPSA) is 93.2 Å². The quantitative estimate of drug-likeness (QED) is 0.668. The van der Waals surface area contributed by atoms with Crippen molar-refractivity contribution in [3.05, 3.63) is 65.5 Å². The molecule has 4 rings (SSSR count). The van der Waals surface area contributed by atoms with Crippen molar-refractivity contribution in [3.8, 4) is 0 Å². The number of aromatic nitrogens is 2. The van der Waals surface area contributed by atoms with Crippen molar-refractivity contribution in [2.24, 2.45) is 12.8 Å². The first-order chi connectivity index (χ1) is 13.9. The van der Waals surface area contributed by atoms with Gasteiger partial charge in [-0.05, 0) is 34.9 Å². The van der Waals surface area contributed by atoms with E-state index in [1.54, 1.807) is 24.2 Å². The van der Waals surface area contributed by atoms with E-state index in [9.17, 15) is 9.59 Å². The Bertz CT molecular complexity index is 1130. The number of hydrogen-bond acceptors (Lipinski definition) is 4. The molecule has 0 radical (unpaired) electrons. The van der Waals surface area contributed by atoms with Gasteiger partial charge in [0.25, 0.3) is 0 Å². The third kappa shape index (κ3) is 3.77. The van der Waals surface area contributed by atoms with E-state index in [0.29, 0.717) is 18.8 Å². The fraction of sp³-hybridized carbons (Fsp3) is 0.227. The van der Waals surface area contributed by atoms with Crippen LogP contribution in [0.2, 0.25) is 0 Å². The number of nitrogens with one attached hydrogen (secondary N) is 1. The van der Waals surface area contributed by atoms with Crippen molar-refractivity contribution in [2.45, 2.75) is 19.0 Å².